The van der Waals surface area contributed by atoms with Crippen LogP contribution < -0.4 is 5.32 Å². The molecule has 5 rings (SSSR count). The highest BCUT2D eigenvalue weighted by Crippen LogP contribution is 2.40. The third kappa shape index (κ3) is 3.71. The van der Waals surface area contributed by atoms with E-state index in [1.807, 2.05) is 30.3 Å². The maximum atomic E-state index is 14.8. The highest BCUT2D eigenvalue weighted by Gasteiger charge is 2.55. The predicted octanol–water partition coefficient (Wildman–Crippen LogP) is 3.53. The summed E-state index contributed by atoms with van der Waals surface area (Å²) in [5, 5.41) is 11.3. The molecule has 0 aliphatic carbocycles. The van der Waals surface area contributed by atoms with Gasteiger partial charge < -0.3 is 14.8 Å². The van der Waals surface area contributed by atoms with Gasteiger partial charge in [0, 0.05) is 30.5 Å². The zero-order valence-corrected chi connectivity index (χ0v) is 19.6. The van der Waals surface area contributed by atoms with Crippen LogP contribution >= 0.6 is 15.9 Å². The van der Waals surface area contributed by atoms with Crippen molar-refractivity contribution in [3.05, 3.63) is 65.9 Å². The Labute approximate surface area is 202 Å². The van der Waals surface area contributed by atoms with E-state index in [2.05, 4.69) is 41.4 Å². The molecule has 2 unspecified atom stereocenters. The quantitative estimate of drug-likeness (QED) is 0.438. The Bertz CT molecular complexity index is 1400. The van der Waals surface area contributed by atoms with Crippen molar-refractivity contribution in [2.75, 3.05) is 11.9 Å². The lowest BCUT2D eigenvalue weighted by Gasteiger charge is -2.38. The van der Waals surface area contributed by atoms with Gasteiger partial charge in [0.05, 0.1) is 36.8 Å². The summed E-state index contributed by atoms with van der Waals surface area (Å²) in [5.41, 5.74) is 0.875. The molecule has 172 valence electrons. The minimum absolute atomic E-state index is 0.187. The van der Waals surface area contributed by atoms with E-state index < -0.39 is 23.6 Å². The molecule has 3 aromatic heterocycles. The standard InChI is InChI=1S/C23H19BrFN7O2/c1-14(33)32-13-18(25)9-23(32,22(34)30-21-12-26-11-20(24)29-21)31-7-5-16-8-15(2-3-19(16)31)17-4-6-27-28-10-17/h2-8,10-12,18H,9,13H2,1H3,(H,29,30,34). The van der Waals surface area contributed by atoms with E-state index >= 15 is 0 Å². The monoisotopic (exact) mass is 523 g/mol. The van der Waals surface area contributed by atoms with Crippen molar-refractivity contribution >= 4 is 44.5 Å². The first-order chi connectivity index (χ1) is 16.4. The fourth-order valence-corrected chi connectivity index (χ4v) is 4.81. The van der Waals surface area contributed by atoms with Gasteiger partial charge in [-0.3, -0.25) is 14.6 Å². The molecule has 2 amide bonds. The Balaban J connectivity index is 1.63. The van der Waals surface area contributed by atoms with Crippen LogP contribution in [0.3, 0.4) is 0 Å². The van der Waals surface area contributed by atoms with Crippen molar-refractivity contribution in [1.29, 1.82) is 0 Å². The van der Waals surface area contributed by atoms with Gasteiger partial charge in [-0.15, -0.1) is 0 Å². The van der Waals surface area contributed by atoms with Gasteiger partial charge in [0.15, 0.2) is 5.82 Å². The Morgan fingerprint density at radius 3 is 2.74 bits per heavy atom. The van der Waals surface area contributed by atoms with Crippen molar-refractivity contribution in [3.8, 4) is 11.1 Å². The molecule has 0 radical (unpaired) electrons. The van der Waals surface area contributed by atoms with E-state index in [1.165, 1.54) is 24.2 Å². The summed E-state index contributed by atoms with van der Waals surface area (Å²) in [6.45, 7) is 1.15. The molecule has 11 heteroatoms. The average molecular weight is 524 g/mol. The number of carbonyl (C=O) groups is 2. The van der Waals surface area contributed by atoms with Crippen LogP contribution in [-0.4, -0.2) is 54.2 Å². The zero-order chi connectivity index (χ0) is 23.9. The maximum absolute atomic E-state index is 14.8. The number of nitrogens with one attached hydrogen (secondary N) is 1. The number of hydrogen-bond acceptors (Lipinski definition) is 6. The number of nitrogens with zero attached hydrogens (tertiary/aromatic N) is 6. The number of benzene rings is 1. The van der Waals surface area contributed by atoms with Crippen LogP contribution in [0.5, 0.6) is 0 Å². The Morgan fingerprint density at radius 2 is 2.00 bits per heavy atom. The molecular weight excluding hydrogens is 505 g/mol. The third-order valence-corrected chi connectivity index (χ3v) is 6.31. The van der Waals surface area contributed by atoms with Crippen LogP contribution in [0.25, 0.3) is 22.0 Å². The average Bonchev–Trinajstić information content (AvgIpc) is 3.41. The predicted molar refractivity (Wildman–Crippen MR) is 126 cm³/mol. The second kappa shape index (κ2) is 8.56. The Hall–Kier alpha value is -3.73. The molecule has 4 aromatic rings. The van der Waals surface area contributed by atoms with Crippen LogP contribution in [0.15, 0.2) is 65.9 Å². The summed E-state index contributed by atoms with van der Waals surface area (Å²) >= 11 is 3.23. The maximum Gasteiger partial charge on any atom is 0.273 e. The number of rotatable bonds is 4. The number of alkyl halides is 1. The summed E-state index contributed by atoms with van der Waals surface area (Å²) in [7, 11) is 0. The molecular formula is C23H19BrFN7O2. The summed E-state index contributed by atoms with van der Waals surface area (Å²) in [5.74, 6) is -0.791. The molecule has 2 atom stereocenters. The number of amides is 2. The number of fused-ring (bicyclic) bond motifs is 1. The van der Waals surface area contributed by atoms with Crippen molar-refractivity contribution in [3.63, 3.8) is 0 Å². The summed E-state index contributed by atoms with van der Waals surface area (Å²) < 4.78 is 16.9. The number of hydrogen-bond donors (Lipinski definition) is 1. The van der Waals surface area contributed by atoms with Crippen molar-refractivity contribution in [1.82, 2.24) is 29.6 Å². The highest BCUT2D eigenvalue weighted by molar-refractivity contribution is 9.10. The van der Waals surface area contributed by atoms with Gasteiger partial charge in [-0.1, -0.05) is 6.07 Å². The normalized spacial score (nSPS) is 20.0. The van der Waals surface area contributed by atoms with Crippen LogP contribution in [-0.2, 0) is 15.3 Å². The minimum atomic E-state index is -1.61. The van der Waals surface area contributed by atoms with E-state index in [-0.39, 0.29) is 18.8 Å². The van der Waals surface area contributed by atoms with Crippen LogP contribution in [0.4, 0.5) is 10.2 Å². The number of halogens is 2. The number of carbonyl (C=O) groups excluding carboxylic acids is 2. The molecule has 0 bridgehead atoms. The topological polar surface area (TPSA) is 106 Å². The van der Waals surface area contributed by atoms with Gasteiger partial charge in [-0.2, -0.15) is 10.2 Å². The lowest BCUT2D eigenvalue weighted by atomic mass is 10.0. The molecule has 0 spiro atoms. The zero-order valence-electron chi connectivity index (χ0n) is 18.0. The number of aromatic nitrogens is 5. The Kier molecular flexibility index (Phi) is 5.56. The summed E-state index contributed by atoms with van der Waals surface area (Å²) in [6, 6.07) is 9.38. The van der Waals surface area contributed by atoms with Crippen LogP contribution in [0.1, 0.15) is 13.3 Å². The summed E-state index contributed by atoms with van der Waals surface area (Å²) in [4.78, 5) is 35.8. The largest absolute Gasteiger partial charge is 0.316 e. The summed E-state index contributed by atoms with van der Waals surface area (Å²) in [6.07, 6.45) is 6.28. The minimum Gasteiger partial charge on any atom is -0.316 e. The first-order valence-electron chi connectivity index (χ1n) is 10.5. The lowest BCUT2D eigenvalue weighted by molar-refractivity contribution is -0.146. The van der Waals surface area contributed by atoms with Crippen LogP contribution in [0.2, 0.25) is 0 Å². The van der Waals surface area contributed by atoms with Crippen LogP contribution in [0, 0.1) is 0 Å². The fourth-order valence-electron chi connectivity index (χ4n) is 4.50. The van der Waals surface area contributed by atoms with Gasteiger partial charge in [0.25, 0.3) is 5.91 Å². The molecule has 1 aliphatic heterocycles. The molecule has 1 aromatic carbocycles. The van der Waals surface area contributed by atoms with E-state index in [0.29, 0.717) is 10.1 Å². The van der Waals surface area contributed by atoms with E-state index in [0.717, 1.165) is 16.5 Å². The van der Waals surface area contributed by atoms with Gasteiger partial charge in [-0.05, 0) is 45.8 Å². The third-order valence-electron chi connectivity index (χ3n) is 5.93. The first kappa shape index (κ1) is 22.1. The molecule has 1 N–H and O–H groups in total. The molecule has 1 fully saturated rings. The smallest absolute Gasteiger partial charge is 0.273 e. The molecule has 34 heavy (non-hydrogen) atoms. The molecule has 1 saturated heterocycles. The number of anilines is 1. The Morgan fingerprint density at radius 1 is 1.15 bits per heavy atom. The van der Waals surface area contributed by atoms with E-state index in [1.54, 1.807) is 23.2 Å². The van der Waals surface area contributed by atoms with E-state index in [4.69, 9.17) is 0 Å². The van der Waals surface area contributed by atoms with Gasteiger partial charge >= 0.3 is 0 Å². The molecule has 1 aliphatic rings. The van der Waals surface area contributed by atoms with Gasteiger partial charge in [-0.25, -0.2) is 9.37 Å². The fraction of sp³-hybridized carbons (Fsp3) is 0.217. The van der Waals surface area contributed by atoms with Crippen molar-refractivity contribution in [2.45, 2.75) is 25.2 Å². The molecule has 0 saturated carbocycles. The van der Waals surface area contributed by atoms with Crippen molar-refractivity contribution in [2.24, 2.45) is 0 Å². The molecule has 9 nitrogen and oxygen atoms in total. The second-order valence-electron chi connectivity index (χ2n) is 8.02. The van der Waals surface area contributed by atoms with Crippen molar-refractivity contribution < 1.29 is 14.0 Å². The van der Waals surface area contributed by atoms with E-state index in [9.17, 15) is 14.0 Å². The van der Waals surface area contributed by atoms with Gasteiger partial charge in [0.1, 0.15) is 10.8 Å². The first-order valence-corrected chi connectivity index (χ1v) is 11.3. The number of likely N-dealkylation sites (tertiary alicyclic amines) is 1. The molecule has 4 heterocycles. The lowest BCUT2D eigenvalue weighted by Crippen LogP contribution is -2.56. The second-order valence-corrected chi connectivity index (χ2v) is 8.83. The highest BCUT2D eigenvalue weighted by atomic mass is 79.9. The van der Waals surface area contributed by atoms with Gasteiger partial charge in [0.2, 0.25) is 11.6 Å². The SMILES string of the molecule is CC(=O)N1CC(F)CC1(C(=O)Nc1cncc(Br)n1)n1ccc2cc(-c3ccnnc3)ccc21.